The fraction of sp³-hybridized carbons (Fsp3) is 0.750. The number of carbonyl (C=O) groups is 3. The van der Waals surface area contributed by atoms with Gasteiger partial charge >= 0.3 is 0 Å². The molecule has 1 aliphatic carbocycles. The van der Waals surface area contributed by atoms with Crippen LogP contribution >= 0.6 is 0 Å². The van der Waals surface area contributed by atoms with E-state index in [1.54, 1.807) is 17.9 Å². The van der Waals surface area contributed by atoms with E-state index in [9.17, 15) is 14.4 Å². The van der Waals surface area contributed by atoms with Crippen LogP contribution < -0.4 is 10.6 Å². The molecule has 2 fully saturated rings. The number of hydrogen-bond acceptors (Lipinski definition) is 5. The highest BCUT2D eigenvalue weighted by molar-refractivity contribution is 6.01. The number of likely N-dealkylation sites (N-methyl/N-ethyl adjacent to an activating group) is 1. The maximum atomic E-state index is 13.2. The molecule has 0 aromatic carbocycles. The lowest BCUT2D eigenvalue weighted by atomic mass is 9.94. The molecule has 3 amide bonds. The van der Waals surface area contributed by atoms with Crippen molar-refractivity contribution in [2.45, 2.75) is 83.3 Å². The summed E-state index contributed by atoms with van der Waals surface area (Å²) >= 11 is 0. The minimum absolute atomic E-state index is 0.144. The largest absolute Gasteiger partial charge is 0.351 e. The van der Waals surface area contributed by atoms with Gasteiger partial charge in [-0.05, 0) is 65.6 Å². The number of amides is 3. The van der Waals surface area contributed by atoms with Crippen LogP contribution in [0.2, 0.25) is 0 Å². The monoisotopic (exact) mass is 458 g/mol. The third-order valence-electron chi connectivity index (χ3n) is 7.41. The van der Waals surface area contributed by atoms with Crippen molar-refractivity contribution >= 4 is 17.7 Å². The van der Waals surface area contributed by atoms with Gasteiger partial charge in [0.15, 0.2) is 5.69 Å². The summed E-state index contributed by atoms with van der Waals surface area (Å²) in [5, 5.41) is 10.5. The normalized spacial score (nSPS) is 24.1. The number of carbonyl (C=O) groups excluding carboxylic acids is 3. The summed E-state index contributed by atoms with van der Waals surface area (Å²) in [4.78, 5) is 43.2. The van der Waals surface area contributed by atoms with E-state index in [1.807, 2.05) is 6.92 Å². The Bertz CT molecular complexity index is 872. The first-order valence-corrected chi connectivity index (χ1v) is 12.6. The number of piperidine rings is 1. The average molecular weight is 459 g/mol. The van der Waals surface area contributed by atoms with E-state index in [-0.39, 0.29) is 36.0 Å². The van der Waals surface area contributed by atoms with E-state index in [0.29, 0.717) is 18.8 Å². The van der Waals surface area contributed by atoms with Gasteiger partial charge in [-0.25, -0.2) is 0 Å². The zero-order valence-corrected chi connectivity index (χ0v) is 20.1. The molecule has 3 aliphatic rings. The number of hydrogen-bond donors (Lipinski definition) is 2. The second-order valence-electron chi connectivity index (χ2n) is 9.86. The van der Waals surface area contributed by atoms with Crippen LogP contribution in [0.25, 0.3) is 0 Å². The third kappa shape index (κ3) is 5.08. The van der Waals surface area contributed by atoms with Crippen molar-refractivity contribution in [3.05, 3.63) is 17.5 Å². The maximum absolute atomic E-state index is 13.2. The fourth-order valence-corrected chi connectivity index (χ4v) is 5.44. The molecule has 2 N–H and O–H groups in total. The first-order valence-electron chi connectivity index (χ1n) is 12.6. The lowest BCUT2D eigenvalue weighted by molar-refractivity contribution is -0.133. The van der Waals surface area contributed by atoms with Gasteiger partial charge in [0.25, 0.3) is 11.8 Å². The molecular formula is C24H38N6O3. The molecule has 0 spiro atoms. The Morgan fingerprint density at radius 1 is 1.15 bits per heavy atom. The van der Waals surface area contributed by atoms with Crippen LogP contribution in [0.4, 0.5) is 0 Å². The van der Waals surface area contributed by atoms with Crippen LogP contribution in [0.5, 0.6) is 0 Å². The Balaban J connectivity index is 1.39. The lowest BCUT2D eigenvalue weighted by Gasteiger charge is -2.43. The summed E-state index contributed by atoms with van der Waals surface area (Å²) in [6.07, 6.45) is 8.93. The second-order valence-corrected chi connectivity index (χ2v) is 9.86. The molecule has 0 radical (unpaired) electrons. The van der Waals surface area contributed by atoms with Gasteiger partial charge in [0.1, 0.15) is 11.2 Å². The highest BCUT2D eigenvalue weighted by atomic mass is 16.2. The summed E-state index contributed by atoms with van der Waals surface area (Å²) in [5.74, 6) is -0.678. The minimum Gasteiger partial charge on any atom is -0.351 e. The summed E-state index contributed by atoms with van der Waals surface area (Å²) in [6, 6.07) is 1.73. The molecule has 1 saturated carbocycles. The number of aromatic nitrogens is 2. The standard InChI is InChI=1S/C24H38N6O3/c1-3-29-22(32)20-16-19(21(31)25-12-9-15-28-13-7-4-8-14-28)27-30(20)17-24(29,2)23(33)26-18-10-5-6-11-18/h16,18H,3-15,17H2,1-2H3,(H,25,31)(H,26,33). The topological polar surface area (TPSA) is 99.6 Å². The van der Waals surface area contributed by atoms with E-state index in [1.165, 1.54) is 23.9 Å². The quantitative estimate of drug-likeness (QED) is 0.579. The molecule has 1 atom stereocenters. The zero-order valence-electron chi connectivity index (χ0n) is 20.1. The van der Waals surface area contributed by atoms with Crippen molar-refractivity contribution in [3.63, 3.8) is 0 Å². The Morgan fingerprint density at radius 2 is 1.88 bits per heavy atom. The molecule has 1 unspecified atom stereocenters. The highest BCUT2D eigenvalue weighted by Crippen LogP contribution is 2.28. The average Bonchev–Trinajstić information content (AvgIpc) is 3.47. The molecule has 4 rings (SSSR count). The van der Waals surface area contributed by atoms with Crippen molar-refractivity contribution in [2.75, 3.05) is 32.7 Å². The van der Waals surface area contributed by atoms with Gasteiger partial charge in [-0.3, -0.25) is 19.1 Å². The van der Waals surface area contributed by atoms with Gasteiger partial charge in [0, 0.05) is 25.2 Å². The Hall–Kier alpha value is -2.42. The molecule has 182 valence electrons. The maximum Gasteiger partial charge on any atom is 0.273 e. The molecule has 3 heterocycles. The summed E-state index contributed by atoms with van der Waals surface area (Å²) in [6.45, 7) is 8.17. The predicted molar refractivity (Wildman–Crippen MR) is 125 cm³/mol. The Kier molecular flexibility index (Phi) is 7.36. The molecular weight excluding hydrogens is 420 g/mol. The van der Waals surface area contributed by atoms with Crippen LogP contribution in [-0.2, 0) is 11.3 Å². The molecule has 9 nitrogen and oxygen atoms in total. The predicted octanol–water partition coefficient (Wildman–Crippen LogP) is 1.78. The molecule has 33 heavy (non-hydrogen) atoms. The minimum atomic E-state index is -1.03. The number of fused-ring (bicyclic) bond motifs is 1. The fourth-order valence-electron chi connectivity index (χ4n) is 5.44. The van der Waals surface area contributed by atoms with Crippen molar-refractivity contribution in [3.8, 4) is 0 Å². The van der Waals surface area contributed by atoms with E-state index < -0.39 is 5.54 Å². The number of nitrogens with zero attached hydrogens (tertiary/aromatic N) is 4. The highest BCUT2D eigenvalue weighted by Gasteiger charge is 2.48. The van der Waals surface area contributed by atoms with Crippen molar-refractivity contribution in [1.29, 1.82) is 0 Å². The van der Waals surface area contributed by atoms with Crippen LogP contribution in [-0.4, -0.2) is 81.6 Å². The Labute approximate surface area is 196 Å². The first-order chi connectivity index (χ1) is 15.9. The van der Waals surface area contributed by atoms with Crippen LogP contribution in [0.3, 0.4) is 0 Å². The Morgan fingerprint density at radius 3 is 2.58 bits per heavy atom. The molecule has 1 aromatic rings. The summed E-state index contributed by atoms with van der Waals surface area (Å²) in [7, 11) is 0. The van der Waals surface area contributed by atoms with Crippen LogP contribution in [0.15, 0.2) is 6.07 Å². The SMILES string of the molecule is CCN1C(=O)c2cc(C(=O)NCCCN3CCCCC3)nn2CC1(C)C(=O)NC1CCCC1. The van der Waals surface area contributed by atoms with Crippen molar-refractivity contribution < 1.29 is 14.4 Å². The molecule has 9 heteroatoms. The zero-order chi connectivity index (χ0) is 23.4. The van der Waals surface area contributed by atoms with Gasteiger partial charge in [0.05, 0.1) is 6.54 Å². The first kappa shape index (κ1) is 23.7. The van der Waals surface area contributed by atoms with Gasteiger partial charge in [-0.2, -0.15) is 5.10 Å². The smallest absolute Gasteiger partial charge is 0.273 e. The summed E-state index contributed by atoms with van der Waals surface area (Å²) < 4.78 is 1.53. The van der Waals surface area contributed by atoms with Gasteiger partial charge in [-0.1, -0.05) is 19.3 Å². The van der Waals surface area contributed by atoms with E-state index in [4.69, 9.17) is 0 Å². The second kappa shape index (κ2) is 10.2. The van der Waals surface area contributed by atoms with E-state index in [0.717, 1.165) is 51.7 Å². The van der Waals surface area contributed by atoms with E-state index >= 15 is 0 Å². The lowest BCUT2D eigenvalue weighted by Crippen LogP contribution is -2.64. The van der Waals surface area contributed by atoms with E-state index in [2.05, 4.69) is 20.6 Å². The molecule has 0 bridgehead atoms. The molecule has 1 aromatic heterocycles. The van der Waals surface area contributed by atoms with Gasteiger partial charge < -0.3 is 20.4 Å². The molecule has 2 aliphatic heterocycles. The van der Waals surface area contributed by atoms with Crippen LogP contribution in [0.1, 0.15) is 86.2 Å². The van der Waals surface area contributed by atoms with Crippen molar-refractivity contribution in [2.24, 2.45) is 0 Å². The van der Waals surface area contributed by atoms with Gasteiger partial charge in [-0.15, -0.1) is 0 Å². The van der Waals surface area contributed by atoms with Crippen molar-refractivity contribution in [1.82, 2.24) is 30.2 Å². The number of likely N-dealkylation sites (tertiary alicyclic amines) is 1. The third-order valence-corrected chi connectivity index (χ3v) is 7.41. The van der Waals surface area contributed by atoms with Crippen LogP contribution in [0, 0.1) is 0 Å². The van der Waals surface area contributed by atoms with Gasteiger partial charge in [0.2, 0.25) is 5.91 Å². The number of nitrogens with one attached hydrogen (secondary N) is 2. The number of rotatable bonds is 8. The summed E-state index contributed by atoms with van der Waals surface area (Å²) in [5.41, 5.74) is -0.440. The molecule has 1 saturated heterocycles.